The summed E-state index contributed by atoms with van der Waals surface area (Å²) >= 11 is 5.96. The van der Waals surface area contributed by atoms with Gasteiger partial charge in [-0.3, -0.25) is 10.1 Å². The molecule has 112 valence electrons. The van der Waals surface area contributed by atoms with E-state index in [1.54, 1.807) is 12.1 Å². The molecule has 20 heavy (non-hydrogen) atoms. The van der Waals surface area contributed by atoms with Gasteiger partial charge < -0.3 is 9.80 Å². The number of halogens is 1. The highest BCUT2D eigenvalue weighted by Crippen LogP contribution is 2.28. The molecule has 0 saturated heterocycles. The third kappa shape index (κ3) is 4.08. The van der Waals surface area contributed by atoms with E-state index < -0.39 is 0 Å². The molecule has 0 spiro atoms. The highest BCUT2D eigenvalue weighted by atomic mass is 35.5. The van der Waals surface area contributed by atoms with Crippen LogP contribution in [0.4, 0.5) is 11.4 Å². The fourth-order valence-electron chi connectivity index (χ4n) is 2.42. The monoisotopic (exact) mass is 299 g/mol. The van der Waals surface area contributed by atoms with E-state index >= 15 is 0 Å². The minimum atomic E-state index is -0.390. The van der Waals surface area contributed by atoms with Crippen molar-refractivity contribution >= 4 is 23.0 Å². The molecule has 1 aromatic carbocycles. The van der Waals surface area contributed by atoms with Gasteiger partial charge in [-0.2, -0.15) is 0 Å². The summed E-state index contributed by atoms with van der Waals surface area (Å²) < 4.78 is 0. The molecule has 0 aliphatic carbocycles. The zero-order valence-electron chi connectivity index (χ0n) is 12.5. The first kappa shape index (κ1) is 16.7. The summed E-state index contributed by atoms with van der Waals surface area (Å²) in [7, 11) is 4.06. The van der Waals surface area contributed by atoms with Gasteiger partial charge in [-0.1, -0.05) is 0 Å². The number of anilines is 1. The molecule has 0 aliphatic heterocycles. The molecule has 0 saturated carbocycles. The number of benzene rings is 1. The highest BCUT2D eigenvalue weighted by molar-refractivity contribution is 6.17. The first-order chi connectivity index (χ1) is 9.40. The lowest BCUT2D eigenvalue weighted by molar-refractivity contribution is -0.384. The summed E-state index contributed by atoms with van der Waals surface area (Å²) in [5, 5.41) is 10.8. The van der Waals surface area contributed by atoms with E-state index in [0.29, 0.717) is 6.04 Å². The fraction of sp³-hybridized carbons (Fsp3) is 0.571. The van der Waals surface area contributed by atoms with Gasteiger partial charge in [0.1, 0.15) is 0 Å². The molecule has 0 N–H and O–H groups in total. The Balaban J connectivity index is 3.11. The third-order valence-electron chi connectivity index (χ3n) is 3.23. The molecule has 5 nitrogen and oxygen atoms in total. The number of nitro groups is 1. The van der Waals surface area contributed by atoms with Crippen LogP contribution in [0, 0.1) is 10.1 Å². The maximum Gasteiger partial charge on any atom is 0.269 e. The molecule has 0 bridgehead atoms. The van der Waals surface area contributed by atoms with E-state index in [2.05, 4.69) is 23.6 Å². The van der Waals surface area contributed by atoms with Crippen LogP contribution in [-0.2, 0) is 5.88 Å². The van der Waals surface area contributed by atoms with Crippen LogP contribution in [0.15, 0.2) is 18.2 Å². The Morgan fingerprint density at radius 2 is 2.05 bits per heavy atom. The van der Waals surface area contributed by atoms with Crippen molar-refractivity contribution in [1.29, 1.82) is 0 Å². The summed E-state index contributed by atoms with van der Waals surface area (Å²) in [4.78, 5) is 14.8. The van der Waals surface area contributed by atoms with Crippen LogP contribution in [0.2, 0.25) is 0 Å². The van der Waals surface area contributed by atoms with Crippen molar-refractivity contribution in [2.45, 2.75) is 25.8 Å². The molecular formula is C14H22ClN3O2. The van der Waals surface area contributed by atoms with Gasteiger partial charge >= 0.3 is 0 Å². The number of non-ortho nitro benzene ring substituents is 1. The molecule has 0 fully saturated rings. The maximum atomic E-state index is 10.8. The molecule has 0 aromatic heterocycles. The Labute approximate surface area is 125 Å². The Morgan fingerprint density at radius 3 is 2.50 bits per heavy atom. The lowest BCUT2D eigenvalue weighted by Gasteiger charge is -2.33. The van der Waals surface area contributed by atoms with Crippen LogP contribution >= 0.6 is 11.6 Å². The first-order valence-corrected chi connectivity index (χ1v) is 7.18. The molecule has 1 rings (SSSR count). The van der Waals surface area contributed by atoms with Gasteiger partial charge in [0, 0.05) is 42.8 Å². The molecule has 6 heteroatoms. The molecule has 0 heterocycles. The SMILES string of the molecule is CCN(c1ccc([N+](=O)[O-])cc1CCl)C(C)CN(C)C. The van der Waals surface area contributed by atoms with E-state index in [0.717, 1.165) is 24.3 Å². The second-order valence-corrected chi connectivity index (χ2v) is 5.37. The van der Waals surface area contributed by atoms with Gasteiger partial charge in [0.25, 0.3) is 5.69 Å². The predicted octanol–water partition coefficient (Wildman–Crippen LogP) is 3.11. The molecule has 0 amide bonds. The van der Waals surface area contributed by atoms with Crippen molar-refractivity contribution in [3.8, 4) is 0 Å². The van der Waals surface area contributed by atoms with Crippen LogP contribution in [0.25, 0.3) is 0 Å². The molecule has 0 radical (unpaired) electrons. The van der Waals surface area contributed by atoms with Gasteiger partial charge in [0.15, 0.2) is 0 Å². The predicted molar refractivity (Wildman–Crippen MR) is 83.7 cm³/mol. The molecule has 1 unspecified atom stereocenters. The summed E-state index contributed by atoms with van der Waals surface area (Å²) in [5.74, 6) is 0.266. The van der Waals surface area contributed by atoms with Gasteiger partial charge in [-0.15, -0.1) is 11.6 Å². The minimum Gasteiger partial charge on any atom is -0.368 e. The zero-order valence-corrected chi connectivity index (χ0v) is 13.2. The van der Waals surface area contributed by atoms with Gasteiger partial charge in [0.05, 0.1) is 4.92 Å². The average Bonchev–Trinajstić information content (AvgIpc) is 2.38. The van der Waals surface area contributed by atoms with Gasteiger partial charge in [-0.05, 0) is 39.6 Å². The standard InChI is InChI=1S/C14H22ClN3O2/c1-5-17(11(2)10-16(3)4)14-7-6-13(18(19)20)8-12(14)9-15/h6-8,11H,5,9-10H2,1-4H3. The number of hydrogen-bond acceptors (Lipinski definition) is 4. The Bertz CT molecular complexity index is 466. The lowest BCUT2D eigenvalue weighted by atomic mass is 10.1. The summed E-state index contributed by atoms with van der Waals surface area (Å²) in [5.41, 5.74) is 1.86. The molecule has 1 atom stereocenters. The largest absolute Gasteiger partial charge is 0.368 e. The van der Waals surface area contributed by atoms with Gasteiger partial charge in [0.2, 0.25) is 0 Å². The van der Waals surface area contributed by atoms with Crippen LogP contribution in [0.5, 0.6) is 0 Å². The van der Waals surface area contributed by atoms with Crippen LogP contribution < -0.4 is 4.90 Å². The topological polar surface area (TPSA) is 49.6 Å². The van der Waals surface area contributed by atoms with Crippen molar-refractivity contribution in [1.82, 2.24) is 4.90 Å². The Hall–Kier alpha value is -1.33. The third-order valence-corrected chi connectivity index (χ3v) is 3.52. The first-order valence-electron chi connectivity index (χ1n) is 6.65. The summed E-state index contributed by atoms with van der Waals surface area (Å²) in [6.07, 6.45) is 0. The number of likely N-dealkylation sites (N-methyl/N-ethyl adjacent to an activating group) is 2. The van der Waals surface area contributed by atoms with Crippen molar-refractivity contribution in [3.05, 3.63) is 33.9 Å². The highest BCUT2D eigenvalue weighted by Gasteiger charge is 2.18. The van der Waals surface area contributed by atoms with Crippen molar-refractivity contribution in [3.63, 3.8) is 0 Å². The van der Waals surface area contributed by atoms with Crippen LogP contribution in [-0.4, -0.2) is 43.0 Å². The second kappa shape index (κ2) is 7.45. The maximum absolute atomic E-state index is 10.8. The van der Waals surface area contributed by atoms with E-state index in [4.69, 9.17) is 11.6 Å². The Kier molecular flexibility index (Phi) is 6.23. The average molecular weight is 300 g/mol. The molecule has 0 aliphatic rings. The smallest absolute Gasteiger partial charge is 0.269 e. The second-order valence-electron chi connectivity index (χ2n) is 5.10. The number of nitro benzene ring substituents is 1. The molecular weight excluding hydrogens is 278 g/mol. The van der Waals surface area contributed by atoms with Crippen LogP contribution in [0.1, 0.15) is 19.4 Å². The lowest BCUT2D eigenvalue weighted by Crippen LogP contribution is -2.40. The van der Waals surface area contributed by atoms with E-state index in [1.165, 1.54) is 6.07 Å². The number of hydrogen-bond donors (Lipinski definition) is 0. The Morgan fingerprint density at radius 1 is 1.40 bits per heavy atom. The summed E-state index contributed by atoms with van der Waals surface area (Å²) in [6, 6.07) is 5.20. The van der Waals surface area contributed by atoms with Crippen molar-refractivity contribution in [2.75, 3.05) is 32.1 Å². The number of nitrogens with zero attached hydrogens (tertiary/aromatic N) is 3. The van der Waals surface area contributed by atoms with Crippen LogP contribution in [0.3, 0.4) is 0 Å². The molecule has 1 aromatic rings. The minimum absolute atomic E-state index is 0.0840. The van der Waals surface area contributed by atoms with Crippen molar-refractivity contribution in [2.24, 2.45) is 0 Å². The van der Waals surface area contributed by atoms with E-state index in [1.807, 2.05) is 14.1 Å². The van der Waals surface area contributed by atoms with Gasteiger partial charge in [-0.25, -0.2) is 0 Å². The number of rotatable bonds is 7. The van der Waals surface area contributed by atoms with E-state index in [-0.39, 0.29) is 16.5 Å². The van der Waals surface area contributed by atoms with E-state index in [9.17, 15) is 10.1 Å². The number of alkyl halides is 1. The van der Waals surface area contributed by atoms with Crippen molar-refractivity contribution < 1.29 is 4.92 Å². The fourth-order valence-corrected chi connectivity index (χ4v) is 2.63. The summed E-state index contributed by atoms with van der Waals surface area (Å²) in [6.45, 7) is 5.96. The normalized spacial score (nSPS) is 12.5. The quantitative estimate of drug-likeness (QED) is 0.441. The zero-order chi connectivity index (χ0) is 15.3.